The molecule has 0 bridgehead atoms. The number of rotatable bonds is 4. The second-order valence-corrected chi connectivity index (χ2v) is 5.41. The quantitative estimate of drug-likeness (QED) is 0.646. The summed E-state index contributed by atoms with van der Waals surface area (Å²) in [5.74, 6) is 0. The van der Waals surface area contributed by atoms with Crippen LogP contribution in [0.5, 0.6) is 0 Å². The molecule has 19 heavy (non-hydrogen) atoms. The van der Waals surface area contributed by atoms with Crippen molar-refractivity contribution in [2.45, 2.75) is 11.4 Å². The van der Waals surface area contributed by atoms with Crippen LogP contribution in [0.2, 0.25) is 0 Å². The maximum atomic E-state index is 11.1. The topological polar surface area (TPSA) is 121 Å². The first-order valence-corrected chi connectivity index (χ1v) is 6.69. The highest BCUT2D eigenvalue weighted by Crippen LogP contribution is 2.14. The Bertz CT molecular complexity index is 723. The van der Waals surface area contributed by atoms with E-state index in [0.717, 1.165) is 6.20 Å². The van der Waals surface area contributed by atoms with Crippen LogP contribution in [-0.2, 0) is 16.6 Å². The van der Waals surface area contributed by atoms with Gasteiger partial charge in [-0.15, -0.1) is 0 Å². The summed E-state index contributed by atoms with van der Waals surface area (Å²) in [6.45, 7) is 0.219. The van der Waals surface area contributed by atoms with Gasteiger partial charge >= 0.3 is 0 Å². The third kappa shape index (κ3) is 3.14. The summed E-state index contributed by atoms with van der Waals surface area (Å²) in [5, 5.41) is 19.4. The zero-order valence-electron chi connectivity index (χ0n) is 9.63. The van der Waals surface area contributed by atoms with Crippen molar-refractivity contribution in [1.82, 2.24) is 9.78 Å². The largest absolute Gasteiger partial charge is 0.269 e. The van der Waals surface area contributed by atoms with Crippen molar-refractivity contribution in [3.8, 4) is 0 Å². The van der Waals surface area contributed by atoms with Gasteiger partial charge in [0.05, 0.1) is 17.7 Å². The molecule has 0 atom stereocenters. The van der Waals surface area contributed by atoms with E-state index in [2.05, 4.69) is 5.10 Å². The predicted octanol–water partition coefficient (Wildman–Crippen LogP) is 0.487. The Kier molecular flexibility index (Phi) is 3.32. The monoisotopic (exact) mass is 282 g/mol. The van der Waals surface area contributed by atoms with Crippen molar-refractivity contribution >= 4 is 15.7 Å². The van der Waals surface area contributed by atoms with Crippen LogP contribution >= 0.6 is 0 Å². The molecule has 0 unspecified atom stereocenters. The van der Waals surface area contributed by atoms with Crippen LogP contribution < -0.4 is 5.14 Å². The molecule has 0 aliphatic rings. The molecular formula is C10H10N4O4S. The second-order valence-electron chi connectivity index (χ2n) is 3.85. The number of hydrogen-bond donors (Lipinski definition) is 1. The van der Waals surface area contributed by atoms with E-state index in [0.29, 0.717) is 5.56 Å². The van der Waals surface area contributed by atoms with Crippen LogP contribution in [0.3, 0.4) is 0 Å². The van der Waals surface area contributed by atoms with E-state index in [1.165, 1.54) is 23.0 Å². The molecule has 2 rings (SSSR count). The highest BCUT2D eigenvalue weighted by molar-refractivity contribution is 7.89. The smallest absolute Gasteiger partial charge is 0.267 e. The molecule has 0 amide bonds. The third-order valence-corrected chi connectivity index (χ3v) is 3.27. The average Bonchev–Trinajstić information content (AvgIpc) is 2.77. The number of aromatic nitrogens is 2. The second kappa shape index (κ2) is 4.78. The number of non-ortho nitro benzene ring substituents is 1. The van der Waals surface area contributed by atoms with E-state index in [4.69, 9.17) is 5.14 Å². The minimum Gasteiger partial charge on any atom is -0.267 e. The van der Waals surface area contributed by atoms with Gasteiger partial charge in [-0.1, -0.05) is 12.1 Å². The lowest BCUT2D eigenvalue weighted by molar-refractivity contribution is -0.384. The summed E-state index contributed by atoms with van der Waals surface area (Å²) in [7, 11) is -3.79. The highest BCUT2D eigenvalue weighted by Gasteiger charge is 2.11. The summed E-state index contributed by atoms with van der Waals surface area (Å²) in [6.07, 6.45) is 2.40. The fourth-order valence-corrected chi connectivity index (χ4v) is 2.00. The fourth-order valence-electron chi connectivity index (χ4n) is 1.53. The van der Waals surface area contributed by atoms with Crippen LogP contribution in [0, 0.1) is 10.1 Å². The summed E-state index contributed by atoms with van der Waals surface area (Å²) >= 11 is 0. The van der Waals surface area contributed by atoms with Gasteiger partial charge in [-0.05, 0) is 5.56 Å². The van der Waals surface area contributed by atoms with Gasteiger partial charge in [-0.3, -0.25) is 14.8 Å². The van der Waals surface area contributed by atoms with Gasteiger partial charge in [0.2, 0.25) is 10.0 Å². The van der Waals surface area contributed by atoms with Crippen molar-refractivity contribution in [3.05, 3.63) is 52.3 Å². The van der Waals surface area contributed by atoms with Gasteiger partial charge in [0.15, 0.2) is 0 Å². The van der Waals surface area contributed by atoms with Crippen molar-refractivity contribution in [3.63, 3.8) is 0 Å². The van der Waals surface area contributed by atoms with Crippen molar-refractivity contribution in [2.24, 2.45) is 5.14 Å². The Labute approximate surface area is 108 Å². The molecule has 1 heterocycles. The minimum absolute atomic E-state index is 0.0312. The summed E-state index contributed by atoms with van der Waals surface area (Å²) < 4.78 is 23.5. The highest BCUT2D eigenvalue weighted by atomic mass is 32.2. The van der Waals surface area contributed by atoms with Crippen LogP contribution in [0.4, 0.5) is 5.69 Å². The number of sulfonamides is 1. The molecule has 0 aliphatic heterocycles. The van der Waals surface area contributed by atoms with Gasteiger partial charge < -0.3 is 0 Å². The predicted molar refractivity (Wildman–Crippen MR) is 65.8 cm³/mol. The van der Waals surface area contributed by atoms with Gasteiger partial charge in [0, 0.05) is 18.3 Å². The Balaban J connectivity index is 2.24. The molecule has 1 aromatic carbocycles. The lowest BCUT2D eigenvalue weighted by Crippen LogP contribution is -2.11. The number of nitrogens with two attached hydrogens (primary N) is 1. The van der Waals surface area contributed by atoms with Crippen molar-refractivity contribution in [1.29, 1.82) is 0 Å². The van der Waals surface area contributed by atoms with E-state index in [9.17, 15) is 18.5 Å². The molecule has 1 aromatic heterocycles. The third-order valence-electron chi connectivity index (χ3n) is 2.40. The van der Waals surface area contributed by atoms with Crippen LogP contribution in [-0.4, -0.2) is 23.1 Å². The minimum atomic E-state index is -3.79. The van der Waals surface area contributed by atoms with Gasteiger partial charge in [-0.25, -0.2) is 13.6 Å². The van der Waals surface area contributed by atoms with Gasteiger partial charge in [0.1, 0.15) is 4.90 Å². The maximum Gasteiger partial charge on any atom is 0.269 e. The first-order chi connectivity index (χ1) is 8.86. The Morgan fingerprint density at radius 1 is 1.42 bits per heavy atom. The standard InChI is InChI=1S/C10H10N4O4S/c11-19(17,18)10-5-12-13(7-10)6-8-2-1-3-9(4-8)14(15)16/h1-5,7H,6H2,(H2,11,17,18). The fraction of sp³-hybridized carbons (Fsp3) is 0.100. The number of nitro benzene ring substituents is 1. The molecule has 0 spiro atoms. The van der Waals surface area contributed by atoms with Crippen LogP contribution in [0.15, 0.2) is 41.6 Å². The maximum absolute atomic E-state index is 11.1. The number of nitrogens with zero attached hydrogens (tertiary/aromatic N) is 3. The van der Waals surface area contributed by atoms with Crippen LogP contribution in [0.25, 0.3) is 0 Å². The van der Waals surface area contributed by atoms with Crippen molar-refractivity contribution in [2.75, 3.05) is 0 Å². The molecule has 100 valence electrons. The van der Waals surface area contributed by atoms with Crippen LogP contribution in [0.1, 0.15) is 5.56 Å². The van der Waals surface area contributed by atoms with E-state index in [-0.39, 0.29) is 17.1 Å². The lowest BCUT2D eigenvalue weighted by atomic mass is 10.2. The molecular weight excluding hydrogens is 272 g/mol. The molecule has 2 aromatic rings. The molecule has 9 heteroatoms. The van der Waals surface area contributed by atoms with E-state index >= 15 is 0 Å². The Morgan fingerprint density at radius 2 is 2.16 bits per heavy atom. The number of primary sulfonamides is 1. The Hall–Kier alpha value is -2.26. The summed E-state index contributed by atoms with van der Waals surface area (Å²) in [5.41, 5.74) is 0.606. The zero-order valence-corrected chi connectivity index (χ0v) is 10.4. The number of nitro groups is 1. The SMILES string of the molecule is NS(=O)(=O)c1cnn(Cc2cccc([N+](=O)[O-])c2)c1. The normalized spacial score (nSPS) is 11.4. The van der Waals surface area contributed by atoms with Gasteiger partial charge in [0.25, 0.3) is 5.69 Å². The molecule has 0 radical (unpaired) electrons. The zero-order chi connectivity index (χ0) is 14.0. The van der Waals surface area contributed by atoms with E-state index in [1.807, 2.05) is 0 Å². The summed E-state index contributed by atoms with van der Waals surface area (Å²) in [4.78, 5) is 10.0. The molecule has 0 aliphatic carbocycles. The summed E-state index contributed by atoms with van der Waals surface area (Å²) in [6, 6.07) is 6.02. The Morgan fingerprint density at radius 3 is 2.74 bits per heavy atom. The lowest BCUT2D eigenvalue weighted by Gasteiger charge is -2.01. The van der Waals surface area contributed by atoms with Crippen molar-refractivity contribution < 1.29 is 13.3 Å². The number of benzene rings is 1. The first-order valence-electron chi connectivity index (χ1n) is 5.15. The first kappa shape index (κ1) is 13.2. The van der Waals surface area contributed by atoms with E-state index in [1.54, 1.807) is 12.1 Å². The van der Waals surface area contributed by atoms with E-state index < -0.39 is 14.9 Å². The number of hydrogen-bond acceptors (Lipinski definition) is 5. The van der Waals surface area contributed by atoms with Gasteiger partial charge in [-0.2, -0.15) is 5.10 Å². The molecule has 0 saturated heterocycles. The molecule has 0 saturated carbocycles. The molecule has 8 nitrogen and oxygen atoms in total. The molecule has 2 N–H and O–H groups in total. The average molecular weight is 282 g/mol. The molecule has 0 fully saturated rings.